The molecular formula is C18H21N3O3S2. The number of hydrogen-bond donors (Lipinski definition) is 1. The highest BCUT2D eigenvalue weighted by molar-refractivity contribution is 7.93. The zero-order chi connectivity index (χ0) is 19.2. The second-order valence-corrected chi connectivity index (χ2v) is 8.36. The molecule has 1 heterocycles. The number of benzene rings is 1. The SMILES string of the molecule is C#CC(CC)(CC)NC(=O)CN(c1nccs1)S(=O)(=O)c1ccccc1. The van der Waals surface area contributed by atoms with Gasteiger partial charge in [-0.25, -0.2) is 17.7 Å². The summed E-state index contributed by atoms with van der Waals surface area (Å²) in [5, 5.41) is 4.67. The number of aromatic nitrogens is 1. The summed E-state index contributed by atoms with van der Waals surface area (Å²) in [6.07, 6.45) is 8.17. The van der Waals surface area contributed by atoms with Crippen LogP contribution in [0, 0.1) is 12.3 Å². The van der Waals surface area contributed by atoms with Crippen LogP contribution in [0.15, 0.2) is 46.8 Å². The van der Waals surface area contributed by atoms with Crippen molar-refractivity contribution in [3.05, 3.63) is 41.9 Å². The third kappa shape index (κ3) is 4.23. The van der Waals surface area contributed by atoms with Crippen molar-refractivity contribution in [3.63, 3.8) is 0 Å². The van der Waals surface area contributed by atoms with Gasteiger partial charge in [0.05, 0.1) is 4.90 Å². The minimum atomic E-state index is -3.93. The van der Waals surface area contributed by atoms with Gasteiger partial charge in [-0.1, -0.05) is 38.0 Å². The highest BCUT2D eigenvalue weighted by Gasteiger charge is 2.31. The first kappa shape index (κ1) is 19.9. The molecule has 1 amide bonds. The van der Waals surface area contributed by atoms with Crippen molar-refractivity contribution < 1.29 is 13.2 Å². The van der Waals surface area contributed by atoms with Crippen LogP contribution in [0.1, 0.15) is 26.7 Å². The predicted molar refractivity (Wildman–Crippen MR) is 103 cm³/mol. The minimum absolute atomic E-state index is 0.0946. The van der Waals surface area contributed by atoms with E-state index in [0.29, 0.717) is 12.8 Å². The van der Waals surface area contributed by atoms with Crippen molar-refractivity contribution in [1.82, 2.24) is 10.3 Å². The van der Waals surface area contributed by atoms with Crippen LogP contribution in [0.2, 0.25) is 0 Å². The second-order valence-electron chi connectivity index (χ2n) is 5.62. The maximum Gasteiger partial charge on any atom is 0.266 e. The number of nitrogens with zero attached hydrogens (tertiary/aromatic N) is 2. The summed E-state index contributed by atoms with van der Waals surface area (Å²) < 4.78 is 27.0. The molecule has 2 aromatic rings. The van der Waals surface area contributed by atoms with Gasteiger partial charge in [0.1, 0.15) is 12.1 Å². The van der Waals surface area contributed by atoms with Gasteiger partial charge in [0.15, 0.2) is 5.13 Å². The number of rotatable bonds is 8. The van der Waals surface area contributed by atoms with Gasteiger partial charge in [-0.2, -0.15) is 0 Å². The van der Waals surface area contributed by atoms with E-state index < -0.39 is 28.0 Å². The first-order valence-electron chi connectivity index (χ1n) is 8.14. The molecule has 0 aliphatic heterocycles. The van der Waals surface area contributed by atoms with E-state index in [1.165, 1.54) is 18.3 Å². The molecule has 6 nitrogen and oxygen atoms in total. The molecule has 0 atom stereocenters. The van der Waals surface area contributed by atoms with Crippen LogP contribution in [-0.2, 0) is 14.8 Å². The van der Waals surface area contributed by atoms with Crippen LogP contribution < -0.4 is 9.62 Å². The molecule has 0 aliphatic rings. The molecule has 1 aromatic carbocycles. The molecular weight excluding hydrogens is 370 g/mol. The molecule has 0 aliphatic carbocycles. The van der Waals surface area contributed by atoms with Gasteiger partial charge in [-0.05, 0) is 25.0 Å². The quantitative estimate of drug-likeness (QED) is 0.702. The Morgan fingerprint density at radius 3 is 2.46 bits per heavy atom. The number of hydrogen-bond acceptors (Lipinski definition) is 5. The second kappa shape index (κ2) is 8.34. The van der Waals surface area contributed by atoms with Gasteiger partial charge >= 0.3 is 0 Å². The Morgan fingerprint density at radius 2 is 1.96 bits per heavy atom. The van der Waals surface area contributed by atoms with Crippen molar-refractivity contribution >= 4 is 32.4 Å². The number of terminal acetylenes is 1. The van der Waals surface area contributed by atoms with Crippen molar-refractivity contribution in [2.24, 2.45) is 0 Å². The van der Waals surface area contributed by atoms with Gasteiger partial charge in [0.2, 0.25) is 5.91 Å². The fraction of sp³-hybridized carbons (Fsp3) is 0.333. The van der Waals surface area contributed by atoms with E-state index in [9.17, 15) is 13.2 Å². The number of carbonyl (C=O) groups is 1. The fourth-order valence-corrected chi connectivity index (χ4v) is 4.68. The molecule has 8 heteroatoms. The summed E-state index contributed by atoms with van der Waals surface area (Å²) in [4.78, 5) is 16.7. The third-order valence-corrected chi connectivity index (χ3v) is 6.77. The summed E-state index contributed by atoms with van der Waals surface area (Å²) in [6.45, 7) is 3.36. The predicted octanol–water partition coefficient (Wildman–Crippen LogP) is 2.65. The standard InChI is InChI=1S/C18H21N3O3S2/c1-4-18(5-2,6-3)20-16(22)14-21(17-19-12-13-25-17)26(23,24)15-10-8-7-9-11-15/h1,7-13H,5-6,14H2,2-3H3,(H,20,22). The van der Waals surface area contributed by atoms with E-state index in [-0.39, 0.29) is 10.0 Å². The minimum Gasteiger partial charge on any atom is -0.338 e. The van der Waals surface area contributed by atoms with Gasteiger partial charge in [-0.15, -0.1) is 17.8 Å². The highest BCUT2D eigenvalue weighted by Crippen LogP contribution is 2.25. The van der Waals surface area contributed by atoms with Crippen molar-refractivity contribution in [2.45, 2.75) is 37.1 Å². The van der Waals surface area contributed by atoms with Crippen LogP contribution in [0.25, 0.3) is 0 Å². The molecule has 0 bridgehead atoms. The Labute approximate surface area is 158 Å². The van der Waals surface area contributed by atoms with Crippen molar-refractivity contribution in [1.29, 1.82) is 0 Å². The zero-order valence-electron chi connectivity index (χ0n) is 14.7. The van der Waals surface area contributed by atoms with E-state index in [4.69, 9.17) is 6.42 Å². The lowest BCUT2D eigenvalue weighted by atomic mass is 9.94. The first-order valence-corrected chi connectivity index (χ1v) is 10.5. The molecule has 26 heavy (non-hydrogen) atoms. The Bertz CT molecular complexity index is 868. The molecule has 138 valence electrons. The number of carbonyl (C=O) groups excluding carboxylic acids is 1. The topological polar surface area (TPSA) is 79.4 Å². The normalized spacial score (nSPS) is 11.6. The average Bonchev–Trinajstić information content (AvgIpc) is 3.19. The molecule has 2 rings (SSSR count). The van der Waals surface area contributed by atoms with Gasteiger partial charge < -0.3 is 5.32 Å². The monoisotopic (exact) mass is 391 g/mol. The summed E-state index contributed by atoms with van der Waals surface area (Å²) in [5.41, 5.74) is -0.790. The zero-order valence-corrected chi connectivity index (χ0v) is 16.3. The highest BCUT2D eigenvalue weighted by atomic mass is 32.2. The van der Waals surface area contributed by atoms with Gasteiger partial charge in [0.25, 0.3) is 10.0 Å². The van der Waals surface area contributed by atoms with E-state index in [0.717, 1.165) is 15.6 Å². The largest absolute Gasteiger partial charge is 0.338 e. The number of anilines is 1. The summed E-state index contributed by atoms with van der Waals surface area (Å²) >= 11 is 1.15. The van der Waals surface area contributed by atoms with Crippen LogP contribution in [-0.4, -0.2) is 31.4 Å². The summed E-state index contributed by atoms with van der Waals surface area (Å²) in [7, 11) is -3.93. The van der Waals surface area contributed by atoms with Crippen LogP contribution >= 0.6 is 11.3 Å². The number of amides is 1. The Morgan fingerprint density at radius 1 is 1.31 bits per heavy atom. The van der Waals surface area contributed by atoms with Crippen LogP contribution in [0.4, 0.5) is 5.13 Å². The molecule has 1 aromatic heterocycles. The van der Waals surface area contributed by atoms with Crippen LogP contribution in [0.5, 0.6) is 0 Å². The lowest BCUT2D eigenvalue weighted by Gasteiger charge is -2.29. The van der Waals surface area contributed by atoms with E-state index >= 15 is 0 Å². The molecule has 1 N–H and O–H groups in total. The molecule has 0 spiro atoms. The third-order valence-electron chi connectivity index (χ3n) is 4.11. The van der Waals surface area contributed by atoms with Crippen molar-refractivity contribution in [2.75, 3.05) is 10.8 Å². The Kier molecular flexibility index (Phi) is 6.40. The summed E-state index contributed by atoms with van der Waals surface area (Å²) in [5.74, 6) is 2.14. The van der Waals surface area contributed by atoms with Gasteiger partial charge in [-0.3, -0.25) is 4.79 Å². The molecule has 0 fully saturated rings. The number of nitrogens with one attached hydrogen (secondary N) is 1. The maximum atomic E-state index is 13.0. The molecule has 0 unspecified atom stereocenters. The van der Waals surface area contributed by atoms with E-state index in [1.807, 2.05) is 13.8 Å². The van der Waals surface area contributed by atoms with E-state index in [1.54, 1.807) is 23.6 Å². The lowest BCUT2D eigenvalue weighted by molar-refractivity contribution is -0.121. The fourth-order valence-electron chi connectivity index (χ4n) is 2.42. The molecule has 0 radical (unpaired) electrons. The average molecular weight is 392 g/mol. The summed E-state index contributed by atoms with van der Waals surface area (Å²) in [6, 6.07) is 7.95. The molecule has 0 saturated carbocycles. The number of thiazole rings is 1. The smallest absolute Gasteiger partial charge is 0.266 e. The lowest BCUT2D eigenvalue weighted by Crippen LogP contribution is -2.51. The maximum absolute atomic E-state index is 13.0. The molecule has 0 saturated heterocycles. The Hall–Kier alpha value is -2.37. The van der Waals surface area contributed by atoms with Crippen molar-refractivity contribution in [3.8, 4) is 12.3 Å². The van der Waals surface area contributed by atoms with Gasteiger partial charge in [0, 0.05) is 11.6 Å². The number of sulfonamides is 1. The first-order chi connectivity index (χ1) is 12.4. The Balaban J connectivity index is 2.33. The van der Waals surface area contributed by atoms with E-state index in [2.05, 4.69) is 16.2 Å². The van der Waals surface area contributed by atoms with Crippen LogP contribution in [0.3, 0.4) is 0 Å².